The van der Waals surface area contributed by atoms with Gasteiger partial charge in [-0.05, 0) is 115 Å². The number of hydrogen-bond acceptors (Lipinski definition) is 2. The van der Waals surface area contributed by atoms with Crippen LogP contribution in [0.3, 0.4) is 0 Å². The summed E-state index contributed by atoms with van der Waals surface area (Å²) in [7, 11) is 0. The van der Waals surface area contributed by atoms with Gasteiger partial charge in [-0.2, -0.15) is 0 Å². The Bertz CT molecular complexity index is 3280. The van der Waals surface area contributed by atoms with E-state index in [1.54, 1.807) is 0 Å². The fourth-order valence-electron chi connectivity index (χ4n) is 8.73. The zero-order valence-corrected chi connectivity index (χ0v) is 32.9. The van der Waals surface area contributed by atoms with E-state index in [0.29, 0.717) is 0 Å². The molecular formula is C58H39NO. The smallest absolute Gasteiger partial charge is 0.136 e. The number of furan rings is 1. The molecule has 2 heteroatoms. The van der Waals surface area contributed by atoms with E-state index >= 15 is 0 Å². The van der Waals surface area contributed by atoms with Crippen LogP contribution in [0.1, 0.15) is 0 Å². The summed E-state index contributed by atoms with van der Waals surface area (Å²) in [4.78, 5) is 2.41. The summed E-state index contributed by atoms with van der Waals surface area (Å²) in [6.07, 6.45) is 0. The van der Waals surface area contributed by atoms with Gasteiger partial charge in [0.05, 0.1) is 5.69 Å². The first kappa shape index (κ1) is 35.2. The lowest BCUT2D eigenvalue weighted by Crippen LogP contribution is -2.11. The molecule has 0 atom stereocenters. The van der Waals surface area contributed by atoms with Crippen LogP contribution in [0.25, 0.3) is 88.3 Å². The molecule has 0 aliphatic heterocycles. The predicted molar refractivity (Wildman–Crippen MR) is 253 cm³/mol. The summed E-state index contributed by atoms with van der Waals surface area (Å²) in [5.41, 5.74) is 16.5. The highest BCUT2D eigenvalue weighted by Gasteiger charge is 2.25. The Hall–Kier alpha value is -7.94. The van der Waals surface area contributed by atoms with Crippen molar-refractivity contribution in [2.45, 2.75) is 0 Å². The van der Waals surface area contributed by atoms with E-state index in [9.17, 15) is 0 Å². The van der Waals surface area contributed by atoms with Crippen molar-refractivity contribution >= 4 is 49.8 Å². The molecule has 60 heavy (non-hydrogen) atoms. The number of anilines is 3. The lowest BCUT2D eigenvalue weighted by atomic mass is 9.88. The third-order valence-corrected chi connectivity index (χ3v) is 11.7. The van der Waals surface area contributed by atoms with Crippen molar-refractivity contribution in [1.82, 2.24) is 0 Å². The molecule has 0 aliphatic carbocycles. The molecule has 0 spiro atoms. The van der Waals surface area contributed by atoms with Crippen LogP contribution in [0.4, 0.5) is 17.1 Å². The zero-order chi connectivity index (χ0) is 39.8. The van der Waals surface area contributed by atoms with E-state index in [1.807, 2.05) is 6.07 Å². The second kappa shape index (κ2) is 15.1. The summed E-state index contributed by atoms with van der Waals surface area (Å²) < 4.78 is 6.64. The molecule has 0 radical (unpaired) electrons. The molecule has 0 bridgehead atoms. The maximum absolute atomic E-state index is 6.64. The third kappa shape index (κ3) is 6.41. The van der Waals surface area contributed by atoms with Gasteiger partial charge in [0.15, 0.2) is 0 Å². The quantitative estimate of drug-likeness (QED) is 0.153. The number of rotatable bonds is 8. The Balaban J connectivity index is 1.16. The molecule has 11 aromatic rings. The van der Waals surface area contributed by atoms with Crippen LogP contribution in [0, 0.1) is 0 Å². The molecule has 0 fully saturated rings. The van der Waals surface area contributed by atoms with Gasteiger partial charge < -0.3 is 9.32 Å². The average molecular weight is 766 g/mol. The van der Waals surface area contributed by atoms with Crippen LogP contribution < -0.4 is 4.90 Å². The number of benzene rings is 10. The van der Waals surface area contributed by atoms with E-state index < -0.39 is 0 Å². The van der Waals surface area contributed by atoms with Gasteiger partial charge in [0.25, 0.3) is 0 Å². The topological polar surface area (TPSA) is 16.4 Å². The normalized spacial score (nSPS) is 11.3. The first-order valence-electron chi connectivity index (χ1n) is 20.5. The van der Waals surface area contributed by atoms with E-state index in [2.05, 4.69) is 235 Å². The molecule has 1 aromatic heterocycles. The van der Waals surface area contributed by atoms with Crippen molar-refractivity contribution in [3.63, 3.8) is 0 Å². The van der Waals surface area contributed by atoms with Crippen molar-refractivity contribution in [1.29, 1.82) is 0 Å². The highest BCUT2D eigenvalue weighted by molar-refractivity contribution is 6.18. The maximum Gasteiger partial charge on any atom is 0.136 e. The Labute approximate surface area is 349 Å². The molecule has 282 valence electrons. The van der Waals surface area contributed by atoms with Gasteiger partial charge in [-0.25, -0.2) is 0 Å². The van der Waals surface area contributed by atoms with Crippen LogP contribution in [0.5, 0.6) is 0 Å². The minimum atomic E-state index is 0.854. The van der Waals surface area contributed by atoms with Crippen molar-refractivity contribution < 1.29 is 4.42 Å². The molecule has 2 nitrogen and oxygen atoms in total. The summed E-state index contributed by atoms with van der Waals surface area (Å²) >= 11 is 0. The largest absolute Gasteiger partial charge is 0.456 e. The lowest BCUT2D eigenvalue weighted by molar-refractivity contribution is 0.669. The second-order valence-electron chi connectivity index (χ2n) is 15.3. The molecule has 1 heterocycles. The maximum atomic E-state index is 6.64. The molecular weight excluding hydrogens is 727 g/mol. The average Bonchev–Trinajstić information content (AvgIpc) is 3.71. The first-order chi connectivity index (χ1) is 29.7. The highest BCUT2D eigenvalue weighted by atomic mass is 16.3. The van der Waals surface area contributed by atoms with Gasteiger partial charge >= 0.3 is 0 Å². The second-order valence-corrected chi connectivity index (χ2v) is 15.3. The van der Waals surface area contributed by atoms with Crippen LogP contribution in [-0.4, -0.2) is 0 Å². The molecule has 0 saturated heterocycles. The molecule has 11 rings (SSSR count). The van der Waals surface area contributed by atoms with Gasteiger partial charge in [0.2, 0.25) is 0 Å². The Morgan fingerprint density at radius 3 is 1.48 bits per heavy atom. The third-order valence-electron chi connectivity index (χ3n) is 11.7. The Morgan fingerprint density at radius 2 is 0.800 bits per heavy atom. The summed E-state index contributed by atoms with van der Waals surface area (Å²) in [5.74, 6) is 0. The summed E-state index contributed by atoms with van der Waals surface area (Å²) in [6.45, 7) is 0. The van der Waals surface area contributed by atoms with E-state index in [1.165, 1.54) is 44.2 Å². The van der Waals surface area contributed by atoms with Gasteiger partial charge in [0, 0.05) is 27.7 Å². The monoisotopic (exact) mass is 765 g/mol. The van der Waals surface area contributed by atoms with Crippen molar-refractivity contribution in [3.8, 4) is 55.6 Å². The SMILES string of the molecule is c1ccc(-c2ccc(N(c3ccc(-c4ccc5ccccc5c4)cc3)c3ccc4oc5ccccc5c4c3-c3ccc(-c4ccccc4)cc3-c3ccccc3)cc2)cc1. The predicted octanol–water partition coefficient (Wildman–Crippen LogP) is 16.5. The van der Waals surface area contributed by atoms with E-state index in [4.69, 9.17) is 4.42 Å². The van der Waals surface area contributed by atoms with Gasteiger partial charge in [0.1, 0.15) is 11.2 Å². The minimum absolute atomic E-state index is 0.854. The molecule has 0 N–H and O–H groups in total. The van der Waals surface area contributed by atoms with Crippen LogP contribution in [0.15, 0.2) is 241 Å². The Kier molecular flexibility index (Phi) is 8.87. The van der Waals surface area contributed by atoms with E-state index in [-0.39, 0.29) is 0 Å². The number of nitrogens with zero attached hydrogens (tertiary/aromatic N) is 1. The minimum Gasteiger partial charge on any atom is -0.456 e. The molecule has 0 amide bonds. The van der Waals surface area contributed by atoms with E-state index in [0.717, 1.165) is 61.3 Å². The van der Waals surface area contributed by atoms with Crippen molar-refractivity contribution in [3.05, 3.63) is 237 Å². The number of hydrogen-bond donors (Lipinski definition) is 0. The molecule has 10 aromatic carbocycles. The molecule has 0 unspecified atom stereocenters. The van der Waals surface area contributed by atoms with Gasteiger partial charge in [-0.1, -0.05) is 182 Å². The molecule has 0 aliphatic rings. The lowest BCUT2D eigenvalue weighted by Gasteiger charge is -2.29. The number of para-hydroxylation sites is 1. The van der Waals surface area contributed by atoms with Crippen LogP contribution >= 0.6 is 0 Å². The summed E-state index contributed by atoms with van der Waals surface area (Å²) in [6, 6.07) is 84.9. The van der Waals surface area contributed by atoms with Gasteiger partial charge in [-0.15, -0.1) is 0 Å². The summed E-state index contributed by atoms with van der Waals surface area (Å²) in [5, 5.41) is 4.65. The number of fused-ring (bicyclic) bond motifs is 4. The zero-order valence-electron chi connectivity index (χ0n) is 32.9. The molecule has 0 saturated carbocycles. The fourth-order valence-corrected chi connectivity index (χ4v) is 8.73. The van der Waals surface area contributed by atoms with Crippen molar-refractivity contribution in [2.75, 3.05) is 4.90 Å². The first-order valence-corrected chi connectivity index (χ1v) is 20.5. The standard InChI is InChI=1S/C58H39NO/c1-4-14-40(15-5-1)43-26-31-49(32-27-43)59(50-33-28-44(29-34-50)47-25-24-42-18-10-11-21-46(42)38-47)54-36-37-56-58(52-22-12-13-23-55(52)60-56)57(54)51-35-30-48(41-16-6-2-7-17-41)39-53(51)45-19-8-3-9-20-45/h1-39H. The highest BCUT2D eigenvalue weighted by Crippen LogP contribution is 2.50. The van der Waals surface area contributed by atoms with Crippen LogP contribution in [0.2, 0.25) is 0 Å². The van der Waals surface area contributed by atoms with Crippen LogP contribution in [-0.2, 0) is 0 Å². The van der Waals surface area contributed by atoms with Gasteiger partial charge in [-0.3, -0.25) is 0 Å². The van der Waals surface area contributed by atoms with Crippen molar-refractivity contribution in [2.24, 2.45) is 0 Å². The Morgan fingerprint density at radius 1 is 0.300 bits per heavy atom. The fraction of sp³-hybridized carbons (Fsp3) is 0.